The number of fused-ring (bicyclic) bond motifs is 1. The van der Waals surface area contributed by atoms with Crippen molar-refractivity contribution in [3.05, 3.63) is 107 Å². The highest BCUT2D eigenvalue weighted by Crippen LogP contribution is 2.34. The average molecular weight is 459 g/mol. The fourth-order valence-electron chi connectivity index (χ4n) is 3.91. The Labute approximate surface area is 193 Å². The van der Waals surface area contributed by atoms with Gasteiger partial charge in [0.25, 0.3) is 11.8 Å². The predicted molar refractivity (Wildman–Crippen MR) is 126 cm³/mol. The van der Waals surface area contributed by atoms with Crippen LogP contribution >= 0.6 is 11.3 Å². The highest BCUT2D eigenvalue weighted by molar-refractivity contribution is 7.13. The van der Waals surface area contributed by atoms with Crippen molar-refractivity contribution < 1.29 is 14.0 Å². The van der Waals surface area contributed by atoms with Crippen molar-refractivity contribution in [2.45, 2.75) is 12.6 Å². The van der Waals surface area contributed by atoms with Gasteiger partial charge < -0.3 is 10.2 Å². The normalized spacial score (nSPS) is 13.5. The van der Waals surface area contributed by atoms with Gasteiger partial charge in [-0.15, -0.1) is 11.3 Å². The van der Waals surface area contributed by atoms with Gasteiger partial charge in [-0.2, -0.15) is 0 Å². The molecule has 33 heavy (non-hydrogen) atoms. The molecule has 2 amide bonds. The van der Waals surface area contributed by atoms with Crippen LogP contribution in [0.25, 0.3) is 0 Å². The number of rotatable bonds is 6. The van der Waals surface area contributed by atoms with Gasteiger partial charge in [-0.05, 0) is 41.5 Å². The summed E-state index contributed by atoms with van der Waals surface area (Å²) in [7, 11) is 0. The first-order valence-electron chi connectivity index (χ1n) is 10.3. The molecule has 1 atom stereocenters. The number of carbonyl (C=O) groups is 2. The number of hydrogen-bond acceptors (Lipinski definition) is 5. The quantitative estimate of drug-likeness (QED) is 0.408. The molecule has 1 aliphatic rings. The molecule has 8 heteroatoms. The fraction of sp³-hybridized carbons (Fsp3) is 0.0800. The molecule has 6 nitrogen and oxygen atoms in total. The van der Waals surface area contributed by atoms with Crippen molar-refractivity contribution in [2.24, 2.45) is 0 Å². The summed E-state index contributed by atoms with van der Waals surface area (Å²) in [6.07, 6.45) is 1.61. The third-order valence-corrected chi connectivity index (χ3v) is 6.08. The van der Waals surface area contributed by atoms with Gasteiger partial charge >= 0.3 is 0 Å². The SMILES string of the molecule is O=C(Nc1nccs1)[C@@H](c1ccccc1)N1Cc2ccc(Nc3cccc(F)c3)cc2C1=O. The number of nitrogens with one attached hydrogen (secondary N) is 2. The molecule has 0 unspecified atom stereocenters. The summed E-state index contributed by atoms with van der Waals surface area (Å²) in [5.41, 5.74) is 3.30. The molecule has 0 radical (unpaired) electrons. The molecule has 2 heterocycles. The van der Waals surface area contributed by atoms with Crippen molar-refractivity contribution in [1.82, 2.24) is 9.88 Å². The van der Waals surface area contributed by atoms with Gasteiger partial charge in [-0.25, -0.2) is 9.37 Å². The molecular weight excluding hydrogens is 439 g/mol. The minimum absolute atomic E-state index is 0.240. The summed E-state index contributed by atoms with van der Waals surface area (Å²) in [6.45, 7) is 0.305. The lowest BCUT2D eigenvalue weighted by molar-refractivity contribution is -0.120. The van der Waals surface area contributed by atoms with Crippen molar-refractivity contribution in [1.29, 1.82) is 0 Å². The van der Waals surface area contributed by atoms with Crippen LogP contribution in [0.15, 0.2) is 84.4 Å². The summed E-state index contributed by atoms with van der Waals surface area (Å²) >= 11 is 1.32. The van der Waals surface area contributed by atoms with E-state index in [1.54, 1.807) is 34.7 Å². The second-order valence-corrected chi connectivity index (χ2v) is 8.47. The van der Waals surface area contributed by atoms with E-state index in [1.807, 2.05) is 42.5 Å². The number of benzene rings is 3. The Morgan fingerprint density at radius 2 is 1.85 bits per heavy atom. The zero-order valence-corrected chi connectivity index (χ0v) is 18.2. The zero-order valence-electron chi connectivity index (χ0n) is 17.4. The van der Waals surface area contributed by atoms with Crippen LogP contribution in [-0.2, 0) is 11.3 Å². The number of nitrogens with zero attached hydrogens (tertiary/aromatic N) is 2. The average Bonchev–Trinajstić information content (AvgIpc) is 3.43. The second kappa shape index (κ2) is 8.84. The molecule has 0 spiro atoms. The molecular formula is C25H19FN4O2S. The number of thiazole rings is 1. The third-order valence-electron chi connectivity index (χ3n) is 5.39. The first kappa shape index (κ1) is 20.8. The Balaban J connectivity index is 1.43. The highest BCUT2D eigenvalue weighted by atomic mass is 32.1. The summed E-state index contributed by atoms with van der Waals surface area (Å²) in [5, 5.41) is 8.20. The monoisotopic (exact) mass is 458 g/mol. The molecule has 0 saturated carbocycles. The van der Waals surface area contributed by atoms with Gasteiger partial charge in [0.15, 0.2) is 5.13 Å². The predicted octanol–water partition coefficient (Wildman–Crippen LogP) is 5.36. The number of aromatic nitrogens is 1. The molecule has 0 saturated heterocycles. The highest BCUT2D eigenvalue weighted by Gasteiger charge is 2.37. The number of anilines is 3. The van der Waals surface area contributed by atoms with Crippen LogP contribution in [0.4, 0.5) is 20.9 Å². The summed E-state index contributed by atoms with van der Waals surface area (Å²) in [4.78, 5) is 32.4. The smallest absolute Gasteiger partial charge is 0.255 e. The van der Waals surface area contributed by atoms with Gasteiger partial charge in [-0.3, -0.25) is 14.9 Å². The van der Waals surface area contributed by atoms with E-state index in [1.165, 1.54) is 23.5 Å². The van der Waals surface area contributed by atoms with Crippen LogP contribution < -0.4 is 10.6 Å². The first-order valence-corrected chi connectivity index (χ1v) is 11.2. The number of hydrogen-bond donors (Lipinski definition) is 2. The maximum atomic E-state index is 13.5. The standard InChI is InChI=1S/C25H19FN4O2S/c26-18-7-4-8-19(13-18)28-20-10-9-17-15-30(24(32)21(17)14-20)22(16-5-2-1-3-6-16)23(31)29-25-27-11-12-33-25/h1-14,22,28H,15H2,(H,27,29,31)/t22-/m1/s1. The summed E-state index contributed by atoms with van der Waals surface area (Å²) in [6, 6.07) is 20.0. The van der Waals surface area contributed by atoms with E-state index in [-0.39, 0.29) is 17.6 Å². The van der Waals surface area contributed by atoms with Crippen molar-refractivity contribution in [3.8, 4) is 0 Å². The van der Waals surface area contributed by atoms with Crippen LogP contribution in [0.2, 0.25) is 0 Å². The Morgan fingerprint density at radius 3 is 2.61 bits per heavy atom. The molecule has 2 N–H and O–H groups in total. The number of halogens is 1. The van der Waals surface area contributed by atoms with Crippen molar-refractivity contribution in [3.63, 3.8) is 0 Å². The molecule has 0 fully saturated rings. The van der Waals surface area contributed by atoms with E-state index in [2.05, 4.69) is 15.6 Å². The summed E-state index contributed by atoms with van der Waals surface area (Å²) in [5.74, 6) is -0.910. The molecule has 1 aliphatic heterocycles. The van der Waals surface area contributed by atoms with E-state index in [0.717, 1.165) is 5.56 Å². The lowest BCUT2D eigenvalue weighted by atomic mass is 10.0. The largest absolute Gasteiger partial charge is 0.355 e. The fourth-order valence-corrected chi connectivity index (χ4v) is 4.44. The molecule has 1 aromatic heterocycles. The molecule has 0 bridgehead atoms. The van der Waals surface area contributed by atoms with Gasteiger partial charge in [0.05, 0.1) is 0 Å². The molecule has 0 aliphatic carbocycles. The van der Waals surface area contributed by atoms with Crippen molar-refractivity contribution in [2.75, 3.05) is 10.6 Å². The van der Waals surface area contributed by atoms with Gasteiger partial charge in [-0.1, -0.05) is 42.5 Å². The maximum Gasteiger partial charge on any atom is 0.255 e. The van der Waals surface area contributed by atoms with Gasteiger partial charge in [0.1, 0.15) is 11.9 Å². The lowest BCUT2D eigenvalue weighted by Crippen LogP contribution is -2.37. The van der Waals surface area contributed by atoms with E-state index in [4.69, 9.17) is 0 Å². The molecule has 164 valence electrons. The van der Waals surface area contributed by atoms with Crippen LogP contribution in [0.3, 0.4) is 0 Å². The maximum absolute atomic E-state index is 13.5. The minimum atomic E-state index is -0.811. The van der Waals surface area contributed by atoms with Gasteiger partial charge in [0, 0.05) is 35.1 Å². The Kier molecular flexibility index (Phi) is 5.58. The zero-order chi connectivity index (χ0) is 22.8. The van der Waals surface area contributed by atoms with E-state index in [0.29, 0.717) is 34.2 Å². The Hall–Kier alpha value is -4.04. The second-order valence-electron chi connectivity index (χ2n) is 7.58. The number of amides is 2. The lowest BCUT2D eigenvalue weighted by Gasteiger charge is -2.27. The Morgan fingerprint density at radius 1 is 1.03 bits per heavy atom. The summed E-state index contributed by atoms with van der Waals surface area (Å²) < 4.78 is 13.5. The minimum Gasteiger partial charge on any atom is -0.355 e. The van der Waals surface area contributed by atoms with Crippen LogP contribution in [0.5, 0.6) is 0 Å². The van der Waals surface area contributed by atoms with Crippen LogP contribution in [-0.4, -0.2) is 21.7 Å². The van der Waals surface area contributed by atoms with Crippen LogP contribution in [0.1, 0.15) is 27.5 Å². The van der Waals surface area contributed by atoms with Crippen LogP contribution in [0, 0.1) is 5.82 Å². The first-order chi connectivity index (χ1) is 16.1. The molecule has 4 aromatic rings. The Bertz CT molecular complexity index is 1310. The third kappa shape index (κ3) is 4.33. The van der Waals surface area contributed by atoms with Gasteiger partial charge in [0.2, 0.25) is 0 Å². The topological polar surface area (TPSA) is 74.3 Å². The van der Waals surface area contributed by atoms with E-state index >= 15 is 0 Å². The molecule has 3 aromatic carbocycles. The van der Waals surface area contributed by atoms with Crippen molar-refractivity contribution >= 4 is 39.7 Å². The molecule has 5 rings (SSSR count). The number of carbonyl (C=O) groups excluding carboxylic acids is 2. The van der Waals surface area contributed by atoms with E-state index < -0.39 is 6.04 Å². The van der Waals surface area contributed by atoms with E-state index in [9.17, 15) is 14.0 Å².